The molecule has 0 fully saturated rings. The third-order valence-corrected chi connectivity index (χ3v) is 2.35. The molecular weight excluding hydrogens is 188 g/mol. The molecule has 68 valence electrons. The van der Waals surface area contributed by atoms with Crippen LogP contribution in [0.25, 0.3) is 11.4 Å². The minimum Gasteiger partial charge on any atom is -0.369 e. The Hall–Kier alpha value is -1.42. The van der Waals surface area contributed by atoms with Crippen molar-refractivity contribution < 1.29 is 0 Å². The lowest BCUT2D eigenvalue weighted by Crippen LogP contribution is -1.96. The number of halogens is 1. The van der Waals surface area contributed by atoms with Crippen LogP contribution in [0.15, 0.2) is 18.3 Å². The summed E-state index contributed by atoms with van der Waals surface area (Å²) in [5.74, 6) is 0.412. The van der Waals surface area contributed by atoms with Gasteiger partial charge in [-0.15, -0.1) is 0 Å². The summed E-state index contributed by atoms with van der Waals surface area (Å²) in [5, 5.41) is 0.542. The van der Waals surface area contributed by atoms with Gasteiger partial charge in [-0.3, -0.25) is 0 Å². The smallest absolute Gasteiger partial charge is 0.201 e. The molecule has 2 heterocycles. The number of rotatable bonds is 1. The monoisotopic (exact) mass is 196 g/mol. The van der Waals surface area contributed by atoms with Gasteiger partial charge in [0, 0.05) is 13.2 Å². The normalized spacial score (nSPS) is 10.6. The maximum absolute atomic E-state index is 6.01. The Bertz CT molecular complexity index is 416. The van der Waals surface area contributed by atoms with E-state index < -0.39 is 0 Å². The first-order valence-corrected chi connectivity index (χ1v) is 4.19. The Balaban J connectivity index is 2.59. The van der Waals surface area contributed by atoms with Crippen molar-refractivity contribution in [2.24, 2.45) is 7.05 Å². The first-order chi connectivity index (χ1) is 6.20. The van der Waals surface area contributed by atoms with Crippen LogP contribution < -0.4 is 5.73 Å². The summed E-state index contributed by atoms with van der Waals surface area (Å²) >= 11 is 6.01. The third-order valence-electron chi connectivity index (χ3n) is 1.91. The number of hydrogen-bond donors (Lipinski definition) is 2. The van der Waals surface area contributed by atoms with Crippen LogP contribution >= 0.6 is 11.6 Å². The highest BCUT2D eigenvalue weighted by molar-refractivity contribution is 6.32. The zero-order valence-electron chi connectivity index (χ0n) is 7.08. The largest absolute Gasteiger partial charge is 0.369 e. The van der Waals surface area contributed by atoms with E-state index in [0.29, 0.717) is 16.8 Å². The van der Waals surface area contributed by atoms with Crippen LogP contribution in [0.5, 0.6) is 0 Å². The van der Waals surface area contributed by atoms with E-state index in [9.17, 15) is 0 Å². The molecule has 3 N–H and O–H groups in total. The van der Waals surface area contributed by atoms with Crippen molar-refractivity contribution in [2.45, 2.75) is 0 Å². The number of nitrogens with one attached hydrogen (secondary N) is 1. The van der Waals surface area contributed by atoms with E-state index >= 15 is 0 Å². The lowest BCUT2D eigenvalue weighted by molar-refractivity contribution is 0.931. The van der Waals surface area contributed by atoms with E-state index in [2.05, 4.69) is 9.97 Å². The summed E-state index contributed by atoms with van der Waals surface area (Å²) in [6.45, 7) is 0. The van der Waals surface area contributed by atoms with Crippen LogP contribution in [0.1, 0.15) is 0 Å². The Morgan fingerprint density at radius 3 is 2.85 bits per heavy atom. The fourth-order valence-corrected chi connectivity index (χ4v) is 1.37. The topological polar surface area (TPSA) is 59.6 Å². The second-order valence-corrected chi connectivity index (χ2v) is 3.11. The number of H-pyrrole nitrogens is 1. The highest BCUT2D eigenvalue weighted by atomic mass is 35.5. The van der Waals surface area contributed by atoms with Crippen LogP contribution in [-0.4, -0.2) is 14.5 Å². The molecule has 4 nitrogen and oxygen atoms in total. The maximum Gasteiger partial charge on any atom is 0.201 e. The lowest BCUT2D eigenvalue weighted by atomic mass is 10.3. The van der Waals surface area contributed by atoms with E-state index in [0.717, 1.165) is 5.69 Å². The zero-order chi connectivity index (χ0) is 9.42. The van der Waals surface area contributed by atoms with Gasteiger partial charge in [0.25, 0.3) is 0 Å². The van der Waals surface area contributed by atoms with Gasteiger partial charge in [0.05, 0.1) is 5.69 Å². The number of aromatic nitrogens is 3. The van der Waals surface area contributed by atoms with Gasteiger partial charge in [0.2, 0.25) is 5.95 Å². The number of imidazole rings is 1. The van der Waals surface area contributed by atoms with Crippen molar-refractivity contribution in [3.05, 3.63) is 23.5 Å². The van der Waals surface area contributed by atoms with Crippen LogP contribution in [-0.2, 0) is 7.05 Å². The number of nitrogens with two attached hydrogens (primary N) is 1. The summed E-state index contributed by atoms with van der Waals surface area (Å²) in [4.78, 5) is 7.15. The van der Waals surface area contributed by atoms with E-state index in [4.69, 9.17) is 17.3 Å². The van der Waals surface area contributed by atoms with Gasteiger partial charge >= 0.3 is 0 Å². The fraction of sp³-hybridized carbons (Fsp3) is 0.125. The molecule has 5 heteroatoms. The first kappa shape index (κ1) is 8.19. The van der Waals surface area contributed by atoms with Gasteiger partial charge in [0.15, 0.2) is 0 Å². The maximum atomic E-state index is 6.01. The van der Waals surface area contributed by atoms with E-state index in [1.54, 1.807) is 11.6 Å². The lowest BCUT2D eigenvalue weighted by Gasteiger charge is -1.94. The Morgan fingerprint density at radius 2 is 2.38 bits per heavy atom. The molecule has 0 radical (unpaired) electrons. The number of anilines is 1. The number of nitrogens with zero attached hydrogens (tertiary/aromatic N) is 2. The molecule has 0 aliphatic rings. The predicted octanol–water partition coefficient (Wildman–Crippen LogP) is 1.65. The Kier molecular flexibility index (Phi) is 1.77. The first-order valence-electron chi connectivity index (χ1n) is 3.81. The van der Waals surface area contributed by atoms with Crippen molar-refractivity contribution in [1.29, 1.82) is 0 Å². The molecule has 2 rings (SSSR count). The summed E-state index contributed by atoms with van der Waals surface area (Å²) in [5.41, 5.74) is 7.16. The van der Waals surface area contributed by atoms with E-state index in [-0.39, 0.29) is 0 Å². The average Bonchev–Trinajstić information content (AvgIpc) is 2.70. The molecule has 13 heavy (non-hydrogen) atoms. The van der Waals surface area contributed by atoms with Gasteiger partial charge in [-0.2, -0.15) is 0 Å². The van der Waals surface area contributed by atoms with Gasteiger partial charge in [0.1, 0.15) is 10.8 Å². The molecule has 2 aromatic rings. The molecule has 0 bridgehead atoms. The second kappa shape index (κ2) is 2.81. The van der Waals surface area contributed by atoms with Crippen LogP contribution in [0.4, 0.5) is 5.95 Å². The highest BCUT2D eigenvalue weighted by Crippen LogP contribution is 2.26. The van der Waals surface area contributed by atoms with Crippen molar-refractivity contribution in [1.82, 2.24) is 14.5 Å². The minimum atomic E-state index is 0.412. The second-order valence-electron chi connectivity index (χ2n) is 2.75. The number of aromatic amines is 1. The minimum absolute atomic E-state index is 0.412. The van der Waals surface area contributed by atoms with Crippen LogP contribution in [0.3, 0.4) is 0 Å². The fourth-order valence-electron chi connectivity index (χ4n) is 1.14. The predicted molar refractivity (Wildman–Crippen MR) is 52.4 cm³/mol. The molecule has 0 spiro atoms. The Morgan fingerprint density at radius 1 is 1.62 bits per heavy atom. The molecule has 0 unspecified atom stereocenters. The molecule has 0 atom stereocenters. The standard InChI is InChI=1S/C8H9ClN4/c1-13-7(9)6(12-8(13)10)5-3-2-4-11-5/h2-4,11H,1H3,(H2,10,12). The summed E-state index contributed by atoms with van der Waals surface area (Å²) in [6, 6.07) is 3.78. The molecule has 0 aliphatic heterocycles. The quantitative estimate of drug-likeness (QED) is 0.729. The van der Waals surface area contributed by atoms with Crippen molar-refractivity contribution >= 4 is 17.5 Å². The SMILES string of the molecule is Cn1c(N)nc(-c2ccc[nH]2)c1Cl. The molecule has 0 aromatic carbocycles. The van der Waals surface area contributed by atoms with Gasteiger partial charge in [-0.25, -0.2) is 4.98 Å². The van der Waals surface area contributed by atoms with Crippen LogP contribution in [0.2, 0.25) is 5.15 Å². The summed E-state index contributed by atoms with van der Waals surface area (Å²) in [7, 11) is 1.77. The molecule has 0 saturated carbocycles. The number of nitrogen functional groups attached to an aromatic ring is 1. The van der Waals surface area contributed by atoms with Crippen molar-refractivity contribution in [3.63, 3.8) is 0 Å². The molecular formula is C8H9ClN4. The number of hydrogen-bond acceptors (Lipinski definition) is 2. The molecule has 2 aromatic heterocycles. The molecule has 0 aliphatic carbocycles. The van der Waals surface area contributed by atoms with Gasteiger partial charge in [-0.1, -0.05) is 11.6 Å². The van der Waals surface area contributed by atoms with Gasteiger partial charge < -0.3 is 15.3 Å². The van der Waals surface area contributed by atoms with Crippen molar-refractivity contribution in [3.8, 4) is 11.4 Å². The highest BCUT2D eigenvalue weighted by Gasteiger charge is 2.12. The van der Waals surface area contributed by atoms with Gasteiger partial charge in [-0.05, 0) is 12.1 Å². The van der Waals surface area contributed by atoms with Crippen LogP contribution in [0, 0.1) is 0 Å². The molecule has 0 amide bonds. The third kappa shape index (κ3) is 1.19. The van der Waals surface area contributed by atoms with E-state index in [1.807, 2.05) is 18.3 Å². The summed E-state index contributed by atoms with van der Waals surface area (Å²) < 4.78 is 1.64. The summed E-state index contributed by atoms with van der Waals surface area (Å²) in [6.07, 6.45) is 1.82. The average molecular weight is 197 g/mol. The zero-order valence-corrected chi connectivity index (χ0v) is 7.84. The molecule has 0 saturated heterocycles. The van der Waals surface area contributed by atoms with E-state index in [1.165, 1.54) is 0 Å². The van der Waals surface area contributed by atoms with Crippen molar-refractivity contribution in [2.75, 3.05) is 5.73 Å². The Labute approximate surface area is 80.3 Å².